The first kappa shape index (κ1) is 23.8. The Morgan fingerprint density at radius 2 is 1.86 bits per heavy atom. The first-order valence-corrected chi connectivity index (χ1v) is 12.9. The number of hydrogen-bond acceptors (Lipinski definition) is 6. The summed E-state index contributed by atoms with van der Waals surface area (Å²) in [6, 6.07) is 17.7. The van der Waals surface area contributed by atoms with E-state index in [4.69, 9.17) is 16.3 Å². The maximum absolute atomic E-state index is 13.8. The summed E-state index contributed by atoms with van der Waals surface area (Å²) < 4.78 is 34.7. The molecule has 1 fully saturated rings. The monoisotopic (exact) mass is 506 g/mol. The van der Waals surface area contributed by atoms with Crippen LogP contribution in [0.4, 0.5) is 0 Å². The lowest BCUT2D eigenvalue weighted by Gasteiger charge is -2.32. The normalized spacial score (nSPS) is 16.9. The first-order valence-electron chi connectivity index (χ1n) is 11.1. The van der Waals surface area contributed by atoms with Gasteiger partial charge in [0.2, 0.25) is 0 Å². The van der Waals surface area contributed by atoms with Crippen LogP contribution < -0.4 is 0 Å². The van der Waals surface area contributed by atoms with Crippen LogP contribution in [0.2, 0.25) is 5.02 Å². The van der Waals surface area contributed by atoms with Crippen molar-refractivity contribution < 1.29 is 17.9 Å². The molecule has 0 amide bonds. The van der Waals surface area contributed by atoms with E-state index >= 15 is 0 Å². The largest absolute Gasteiger partial charge is 0.371 e. The third-order valence-electron chi connectivity index (χ3n) is 6.12. The van der Waals surface area contributed by atoms with E-state index in [0.717, 1.165) is 17.3 Å². The highest BCUT2D eigenvalue weighted by atomic mass is 35.5. The van der Waals surface area contributed by atoms with Gasteiger partial charge in [0, 0.05) is 24.7 Å². The van der Waals surface area contributed by atoms with Gasteiger partial charge in [0.15, 0.2) is 5.65 Å². The van der Waals surface area contributed by atoms with Crippen molar-refractivity contribution in [1.29, 1.82) is 0 Å². The number of aromatic nitrogens is 2. The lowest BCUT2D eigenvalue weighted by molar-refractivity contribution is -0.00283. The van der Waals surface area contributed by atoms with E-state index in [1.807, 2.05) is 36.0 Å². The van der Waals surface area contributed by atoms with E-state index in [9.17, 15) is 13.2 Å². The lowest BCUT2D eigenvalue weighted by Crippen LogP contribution is -2.41. The Morgan fingerprint density at radius 1 is 1.11 bits per heavy atom. The van der Waals surface area contributed by atoms with Crippen LogP contribution in [0, 0.1) is 6.92 Å². The minimum atomic E-state index is -3.95. The Morgan fingerprint density at radius 3 is 2.57 bits per heavy atom. The highest BCUT2D eigenvalue weighted by molar-refractivity contribution is 7.90. The topological polar surface area (TPSA) is 81.5 Å². The van der Waals surface area contributed by atoms with E-state index in [0.29, 0.717) is 41.4 Å². The molecule has 10 heteroatoms. The second-order valence-corrected chi connectivity index (χ2v) is 10.6. The first-order chi connectivity index (χ1) is 16.9. The fraction of sp³-hybridized carbons (Fsp3) is 0.200. The number of morpholine rings is 1. The molecule has 177 valence electrons. The van der Waals surface area contributed by atoms with Crippen LogP contribution in [0.15, 0.2) is 71.8 Å². The van der Waals surface area contributed by atoms with E-state index in [2.05, 4.69) is 4.98 Å². The number of fused-ring (bicyclic) bond motifs is 1. The Kier molecular flexibility index (Phi) is 6.50. The number of carbonyl (C=O) groups is 1. The van der Waals surface area contributed by atoms with Crippen molar-refractivity contribution >= 4 is 46.3 Å². The molecule has 3 heterocycles. The van der Waals surface area contributed by atoms with Gasteiger partial charge >= 0.3 is 0 Å². The van der Waals surface area contributed by atoms with E-state index in [1.54, 1.807) is 36.4 Å². The molecule has 1 radical (unpaired) electrons. The van der Waals surface area contributed by atoms with Crippen LogP contribution in [0.5, 0.6) is 0 Å². The number of hydrogen-bond donors (Lipinski definition) is 0. The Balaban J connectivity index is 1.59. The van der Waals surface area contributed by atoms with Crippen LogP contribution in [0.3, 0.4) is 0 Å². The van der Waals surface area contributed by atoms with Crippen molar-refractivity contribution in [3.05, 3.63) is 83.0 Å². The fourth-order valence-electron chi connectivity index (χ4n) is 4.26. The number of nitrogens with zero attached hydrogens (tertiary/aromatic N) is 3. The molecule has 1 aliphatic rings. The number of pyridine rings is 1. The molecule has 0 N–H and O–H groups in total. The zero-order valence-electron chi connectivity index (χ0n) is 19.0. The fourth-order valence-corrected chi connectivity index (χ4v) is 5.94. The summed E-state index contributed by atoms with van der Waals surface area (Å²) >= 11 is 6.42. The second-order valence-electron chi connectivity index (χ2n) is 8.40. The van der Waals surface area contributed by atoms with E-state index < -0.39 is 10.0 Å². The molecule has 1 aliphatic heterocycles. The van der Waals surface area contributed by atoms with Crippen LogP contribution in [-0.4, -0.2) is 55.5 Å². The van der Waals surface area contributed by atoms with Crippen molar-refractivity contribution in [3.8, 4) is 11.3 Å². The third-order valence-corrected chi connectivity index (χ3v) is 8.16. The van der Waals surface area contributed by atoms with Crippen molar-refractivity contribution in [3.63, 3.8) is 0 Å². The molecule has 1 unspecified atom stereocenters. The molecular formula is C25H22BClN3O4S. The van der Waals surface area contributed by atoms with Gasteiger partial charge in [0.1, 0.15) is 0 Å². The van der Waals surface area contributed by atoms with Gasteiger partial charge in [-0.15, -0.1) is 0 Å². The number of aryl methyl sites for hydroxylation is 1. The van der Waals surface area contributed by atoms with Crippen molar-refractivity contribution in [2.75, 3.05) is 19.7 Å². The van der Waals surface area contributed by atoms with E-state index in [-0.39, 0.29) is 16.6 Å². The minimum Gasteiger partial charge on any atom is -0.371 e. The van der Waals surface area contributed by atoms with Crippen LogP contribution in [-0.2, 0) is 19.6 Å². The quantitative estimate of drug-likeness (QED) is 0.289. The predicted octanol–water partition coefficient (Wildman–Crippen LogP) is 4.08. The smallest absolute Gasteiger partial charge is 0.293 e. The van der Waals surface area contributed by atoms with Crippen LogP contribution >= 0.6 is 11.6 Å². The number of benzene rings is 2. The summed E-state index contributed by atoms with van der Waals surface area (Å²) in [7, 11) is -2.43. The third kappa shape index (κ3) is 4.52. The molecule has 0 bridgehead atoms. The molecule has 5 rings (SSSR count). The Hall–Kier alpha value is -2.98. The lowest BCUT2D eigenvalue weighted by atomic mass is 9.92. The second kappa shape index (κ2) is 9.58. The van der Waals surface area contributed by atoms with Crippen molar-refractivity contribution in [2.24, 2.45) is 0 Å². The average Bonchev–Trinajstić information content (AvgIpc) is 3.27. The number of rotatable bonds is 6. The summed E-state index contributed by atoms with van der Waals surface area (Å²) in [5, 5.41) is 0.979. The molecule has 7 nitrogen and oxygen atoms in total. The zero-order valence-corrected chi connectivity index (χ0v) is 20.5. The highest BCUT2D eigenvalue weighted by Gasteiger charge is 2.26. The molecule has 2 aromatic carbocycles. The van der Waals surface area contributed by atoms with Gasteiger partial charge in [-0.2, -0.15) is 0 Å². The summed E-state index contributed by atoms with van der Waals surface area (Å²) in [4.78, 5) is 17.3. The number of carbonyl (C=O) groups excluding carboxylic acids is 1. The molecule has 4 aromatic rings. The summed E-state index contributed by atoms with van der Waals surface area (Å²) in [6.07, 6.45) is 2.09. The van der Waals surface area contributed by atoms with Crippen molar-refractivity contribution in [1.82, 2.24) is 13.8 Å². The highest BCUT2D eigenvalue weighted by Crippen LogP contribution is 2.35. The van der Waals surface area contributed by atoms with Crippen molar-refractivity contribution in [2.45, 2.75) is 17.9 Å². The van der Waals surface area contributed by atoms with Gasteiger partial charge in [-0.05, 0) is 42.3 Å². The van der Waals surface area contributed by atoms with Gasteiger partial charge in [0.05, 0.1) is 34.5 Å². The molecule has 1 atom stereocenters. The standard InChI is InChI=1S/C25H22BClN3O4S/c1-17-2-8-20(9-3-17)35(32,33)30-23(14-21-22(27)10-11-28-25(21)30)18-4-6-19(7-5-18)24-15-29(26-16-31)12-13-34-24/h2-11,14,16,24H,12-13,15H2,1H3. The minimum absolute atomic E-state index is 0.169. The molecule has 0 saturated carbocycles. The van der Waals surface area contributed by atoms with Gasteiger partial charge in [-0.25, -0.2) is 17.4 Å². The van der Waals surface area contributed by atoms with E-state index in [1.165, 1.54) is 17.6 Å². The Bertz CT molecular complexity index is 1490. The molecular weight excluding hydrogens is 485 g/mol. The summed E-state index contributed by atoms with van der Waals surface area (Å²) in [5.41, 5.74) is 3.34. The molecule has 2 aromatic heterocycles. The molecule has 0 spiro atoms. The van der Waals surface area contributed by atoms with Gasteiger partial charge in [0.25, 0.3) is 17.4 Å². The van der Waals surface area contributed by atoms with Crippen LogP contribution in [0.1, 0.15) is 17.2 Å². The number of ether oxygens (including phenoxy) is 1. The molecule has 0 aliphatic carbocycles. The van der Waals surface area contributed by atoms with Gasteiger partial charge in [-0.1, -0.05) is 53.6 Å². The summed E-state index contributed by atoms with van der Waals surface area (Å²) in [6.45, 7) is 3.66. The number of halogens is 1. The Labute approximate surface area is 209 Å². The van der Waals surface area contributed by atoms with Gasteiger partial charge < -0.3 is 14.3 Å². The van der Waals surface area contributed by atoms with Crippen LogP contribution in [0.25, 0.3) is 22.3 Å². The predicted molar refractivity (Wildman–Crippen MR) is 137 cm³/mol. The SMILES string of the molecule is Cc1ccc(S(=O)(=O)n2c(-c3ccc(C4CN([B]C=O)CCO4)cc3)cc3c(Cl)ccnc32)cc1. The zero-order chi connectivity index (χ0) is 24.6. The molecule has 35 heavy (non-hydrogen) atoms. The maximum atomic E-state index is 13.8. The average molecular weight is 507 g/mol. The molecule has 1 saturated heterocycles. The summed E-state index contributed by atoms with van der Waals surface area (Å²) in [5.74, 6) is 0. The maximum Gasteiger partial charge on any atom is 0.293 e. The van der Waals surface area contributed by atoms with Gasteiger partial charge in [-0.3, -0.25) is 0 Å².